The SMILES string of the molecule is OC1C[C@H]2[C@H]3C[C@@H](O)[C@@H]4C1[C@@H]2C[C@@H]34. The van der Waals surface area contributed by atoms with Crippen LogP contribution >= 0.6 is 0 Å². The van der Waals surface area contributed by atoms with Crippen molar-refractivity contribution in [1.29, 1.82) is 0 Å². The van der Waals surface area contributed by atoms with Gasteiger partial charge in [-0.3, -0.25) is 0 Å². The molecule has 72 valence electrons. The van der Waals surface area contributed by atoms with Crippen LogP contribution in [-0.2, 0) is 0 Å². The van der Waals surface area contributed by atoms with Crippen LogP contribution in [0.1, 0.15) is 19.3 Å². The molecule has 4 saturated carbocycles. The number of hydrogen-bond acceptors (Lipinski definition) is 2. The molecule has 0 saturated heterocycles. The molecule has 8 atom stereocenters. The predicted molar refractivity (Wildman–Crippen MR) is 46.8 cm³/mol. The number of aliphatic hydroxyl groups is 2. The number of hydrogen-bond donors (Lipinski definition) is 2. The molecule has 4 fully saturated rings. The van der Waals surface area contributed by atoms with E-state index < -0.39 is 0 Å². The van der Waals surface area contributed by atoms with Gasteiger partial charge in [0.15, 0.2) is 0 Å². The summed E-state index contributed by atoms with van der Waals surface area (Å²) in [5, 5.41) is 19.9. The summed E-state index contributed by atoms with van der Waals surface area (Å²) < 4.78 is 0. The van der Waals surface area contributed by atoms with Gasteiger partial charge in [0.2, 0.25) is 0 Å². The molecular formula is C11H16O2. The van der Waals surface area contributed by atoms with Crippen LogP contribution in [0.5, 0.6) is 0 Å². The second kappa shape index (κ2) is 1.96. The van der Waals surface area contributed by atoms with E-state index in [4.69, 9.17) is 0 Å². The quantitative estimate of drug-likeness (QED) is 0.574. The molecule has 0 aliphatic heterocycles. The zero-order valence-electron chi connectivity index (χ0n) is 7.63. The zero-order chi connectivity index (χ0) is 8.74. The molecule has 13 heavy (non-hydrogen) atoms. The summed E-state index contributed by atoms with van der Waals surface area (Å²) in [5.41, 5.74) is 0. The average Bonchev–Trinajstić information content (AvgIpc) is 2.67. The van der Waals surface area contributed by atoms with Crippen LogP contribution in [0.3, 0.4) is 0 Å². The van der Waals surface area contributed by atoms with Gasteiger partial charge in [-0.2, -0.15) is 0 Å². The molecule has 4 rings (SSSR count). The average molecular weight is 180 g/mol. The van der Waals surface area contributed by atoms with E-state index in [1.807, 2.05) is 0 Å². The van der Waals surface area contributed by atoms with Crippen LogP contribution in [0.25, 0.3) is 0 Å². The second-order valence-corrected chi connectivity index (χ2v) is 5.65. The van der Waals surface area contributed by atoms with E-state index in [9.17, 15) is 10.2 Å². The molecule has 0 aromatic rings. The van der Waals surface area contributed by atoms with Crippen molar-refractivity contribution in [2.24, 2.45) is 35.5 Å². The summed E-state index contributed by atoms with van der Waals surface area (Å²) in [5.74, 6) is 4.07. The Bertz CT molecular complexity index is 235. The van der Waals surface area contributed by atoms with Gasteiger partial charge in [0.05, 0.1) is 12.2 Å². The molecule has 0 aromatic carbocycles. The van der Waals surface area contributed by atoms with Gasteiger partial charge >= 0.3 is 0 Å². The summed E-state index contributed by atoms with van der Waals surface area (Å²) in [4.78, 5) is 0. The van der Waals surface area contributed by atoms with Crippen molar-refractivity contribution in [3.63, 3.8) is 0 Å². The molecule has 2 N–H and O–H groups in total. The van der Waals surface area contributed by atoms with E-state index in [2.05, 4.69) is 0 Å². The van der Waals surface area contributed by atoms with Crippen molar-refractivity contribution in [3.8, 4) is 0 Å². The number of fused-ring (bicyclic) bond motifs is 2. The lowest BCUT2D eigenvalue weighted by Crippen LogP contribution is -2.30. The summed E-state index contributed by atoms with van der Waals surface area (Å²) >= 11 is 0. The van der Waals surface area contributed by atoms with E-state index in [1.54, 1.807) is 0 Å². The van der Waals surface area contributed by atoms with Crippen LogP contribution in [0.4, 0.5) is 0 Å². The summed E-state index contributed by atoms with van der Waals surface area (Å²) in [6.45, 7) is 0. The fraction of sp³-hybridized carbons (Fsp3) is 1.00. The lowest BCUT2D eigenvalue weighted by atomic mass is 9.79. The second-order valence-electron chi connectivity index (χ2n) is 5.65. The van der Waals surface area contributed by atoms with Gasteiger partial charge in [0.25, 0.3) is 0 Å². The van der Waals surface area contributed by atoms with E-state index in [1.165, 1.54) is 6.42 Å². The lowest BCUT2D eigenvalue weighted by Gasteiger charge is -2.27. The minimum absolute atomic E-state index is 0.0788. The maximum absolute atomic E-state index is 9.93. The van der Waals surface area contributed by atoms with Gasteiger partial charge in [-0.1, -0.05) is 0 Å². The molecule has 0 heterocycles. The molecule has 2 nitrogen and oxygen atoms in total. The van der Waals surface area contributed by atoms with E-state index >= 15 is 0 Å². The van der Waals surface area contributed by atoms with Gasteiger partial charge in [-0.25, -0.2) is 0 Å². The van der Waals surface area contributed by atoms with Crippen molar-refractivity contribution in [1.82, 2.24) is 0 Å². The summed E-state index contributed by atoms with van der Waals surface area (Å²) in [6, 6.07) is 0. The maximum atomic E-state index is 9.93. The topological polar surface area (TPSA) is 40.5 Å². The smallest absolute Gasteiger partial charge is 0.0577 e. The molecule has 0 aromatic heterocycles. The van der Waals surface area contributed by atoms with Crippen LogP contribution in [0.2, 0.25) is 0 Å². The highest BCUT2D eigenvalue weighted by Gasteiger charge is 2.68. The Labute approximate surface area is 78.0 Å². The Kier molecular flexibility index (Phi) is 1.09. The van der Waals surface area contributed by atoms with Crippen LogP contribution < -0.4 is 0 Å². The third-order valence-corrected chi connectivity index (χ3v) is 5.54. The van der Waals surface area contributed by atoms with Crippen molar-refractivity contribution >= 4 is 0 Å². The third-order valence-electron chi connectivity index (χ3n) is 5.54. The molecular weight excluding hydrogens is 164 g/mol. The summed E-state index contributed by atoms with van der Waals surface area (Å²) in [6.07, 6.45) is 3.24. The van der Waals surface area contributed by atoms with E-state index in [0.717, 1.165) is 36.5 Å². The van der Waals surface area contributed by atoms with E-state index in [-0.39, 0.29) is 12.2 Å². The number of aliphatic hydroxyl groups excluding tert-OH is 2. The fourth-order valence-electron chi connectivity index (χ4n) is 5.41. The first-order valence-corrected chi connectivity index (χ1v) is 5.63. The highest BCUT2D eigenvalue weighted by Crippen LogP contribution is 2.70. The standard InChI is InChI=1S/C11H16O2/c12-8-2-4-5-3-9(13)11-7(5)1-6(4)10(8)11/h4-13H,1-3H2/t4-,5+,6+,7-,8-,9?,10-,11?/m1/s1. The van der Waals surface area contributed by atoms with E-state index in [0.29, 0.717) is 11.8 Å². The van der Waals surface area contributed by atoms with Gasteiger partial charge < -0.3 is 10.2 Å². The first-order chi connectivity index (χ1) is 6.27. The third kappa shape index (κ3) is 0.608. The van der Waals surface area contributed by atoms with Gasteiger partial charge in [-0.05, 0) is 54.8 Å². The Hall–Kier alpha value is -0.0800. The Morgan fingerprint density at radius 3 is 1.54 bits per heavy atom. The lowest BCUT2D eigenvalue weighted by molar-refractivity contribution is 0.0365. The zero-order valence-corrected chi connectivity index (χ0v) is 7.63. The minimum Gasteiger partial charge on any atom is -0.393 e. The Morgan fingerprint density at radius 2 is 1.08 bits per heavy atom. The molecule has 2 bridgehead atoms. The van der Waals surface area contributed by atoms with Crippen LogP contribution in [0.15, 0.2) is 0 Å². The summed E-state index contributed by atoms with van der Waals surface area (Å²) in [7, 11) is 0. The highest BCUT2D eigenvalue weighted by atomic mass is 16.3. The largest absolute Gasteiger partial charge is 0.393 e. The Balaban J connectivity index is 1.86. The maximum Gasteiger partial charge on any atom is 0.0577 e. The molecule has 2 unspecified atom stereocenters. The van der Waals surface area contributed by atoms with Crippen LogP contribution in [-0.4, -0.2) is 22.4 Å². The van der Waals surface area contributed by atoms with Crippen molar-refractivity contribution < 1.29 is 10.2 Å². The van der Waals surface area contributed by atoms with Crippen molar-refractivity contribution in [2.45, 2.75) is 31.5 Å². The molecule has 4 aliphatic rings. The first kappa shape index (κ1) is 7.24. The predicted octanol–water partition coefficient (Wildman–Crippen LogP) is 0.630. The van der Waals surface area contributed by atoms with Gasteiger partial charge in [0.1, 0.15) is 0 Å². The molecule has 0 amide bonds. The monoisotopic (exact) mass is 180 g/mol. The fourth-order valence-corrected chi connectivity index (χ4v) is 5.41. The van der Waals surface area contributed by atoms with Gasteiger partial charge in [0, 0.05) is 0 Å². The molecule has 4 aliphatic carbocycles. The Morgan fingerprint density at radius 1 is 0.615 bits per heavy atom. The minimum atomic E-state index is -0.0788. The van der Waals surface area contributed by atoms with Crippen molar-refractivity contribution in [3.05, 3.63) is 0 Å². The molecule has 0 spiro atoms. The van der Waals surface area contributed by atoms with Crippen LogP contribution in [0, 0.1) is 35.5 Å². The molecule has 0 radical (unpaired) electrons. The van der Waals surface area contributed by atoms with Gasteiger partial charge in [-0.15, -0.1) is 0 Å². The molecule has 2 heteroatoms. The first-order valence-electron chi connectivity index (χ1n) is 5.63. The normalized spacial score (nSPS) is 72.5. The number of rotatable bonds is 0. The van der Waals surface area contributed by atoms with Crippen molar-refractivity contribution in [2.75, 3.05) is 0 Å². The highest BCUT2D eigenvalue weighted by molar-refractivity contribution is 5.17.